The molecule has 0 aromatic carbocycles. The van der Waals surface area contributed by atoms with Gasteiger partial charge in [-0.2, -0.15) is 0 Å². The zero-order valence-corrected chi connectivity index (χ0v) is 11.5. The molecule has 0 aliphatic carbocycles. The number of rotatable bonds is 4. The van der Waals surface area contributed by atoms with Crippen LogP contribution in [0.1, 0.15) is 20.3 Å². The number of nitrogens with zero attached hydrogens (tertiary/aromatic N) is 2. The molecule has 4 nitrogen and oxygen atoms in total. The van der Waals surface area contributed by atoms with Gasteiger partial charge < -0.3 is 10.1 Å². The third kappa shape index (κ3) is 3.65. The zero-order valence-electron chi connectivity index (χ0n) is 11.5. The summed E-state index contributed by atoms with van der Waals surface area (Å²) < 4.78 is 5.13. The summed E-state index contributed by atoms with van der Waals surface area (Å²) in [7, 11) is 1.78. The summed E-state index contributed by atoms with van der Waals surface area (Å²) in [6.45, 7) is 12.5. The molecule has 0 aromatic heterocycles. The first-order valence-electron chi connectivity index (χ1n) is 6.81. The van der Waals surface area contributed by atoms with Crippen LogP contribution in [0.3, 0.4) is 0 Å². The van der Waals surface area contributed by atoms with E-state index in [2.05, 4.69) is 29.0 Å². The maximum absolute atomic E-state index is 5.13. The van der Waals surface area contributed by atoms with Crippen LogP contribution in [0.5, 0.6) is 0 Å². The largest absolute Gasteiger partial charge is 0.383 e. The molecule has 17 heavy (non-hydrogen) atoms. The normalized spacial score (nSPS) is 30.9. The van der Waals surface area contributed by atoms with Gasteiger partial charge in [-0.25, -0.2) is 0 Å². The number of hydrogen-bond donors (Lipinski definition) is 1. The third-order valence-corrected chi connectivity index (χ3v) is 4.10. The van der Waals surface area contributed by atoms with Crippen LogP contribution in [0.2, 0.25) is 0 Å². The molecule has 0 saturated carbocycles. The van der Waals surface area contributed by atoms with Gasteiger partial charge in [-0.1, -0.05) is 0 Å². The summed E-state index contributed by atoms with van der Waals surface area (Å²) in [6.07, 6.45) is 1.28. The highest BCUT2D eigenvalue weighted by Gasteiger charge is 2.34. The van der Waals surface area contributed by atoms with Gasteiger partial charge in [0.15, 0.2) is 0 Å². The molecular weight excluding hydrogens is 214 g/mol. The Morgan fingerprint density at radius 1 is 1.24 bits per heavy atom. The lowest BCUT2D eigenvalue weighted by molar-refractivity contribution is 0.0776. The van der Waals surface area contributed by atoms with E-state index in [1.165, 1.54) is 32.6 Å². The number of nitrogens with one attached hydrogen (secondary N) is 1. The zero-order chi connectivity index (χ0) is 12.3. The van der Waals surface area contributed by atoms with Gasteiger partial charge >= 0.3 is 0 Å². The van der Waals surface area contributed by atoms with Crippen molar-refractivity contribution in [1.29, 1.82) is 0 Å². The Morgan fingerprint density at radius 2 is 1.94 bits per heavy atom. The van der Waals surface area contributed by atoms with Crippen LogP contribution in [-0.4, -0.2) is 74.4 Å². The van der Waals surface area contributed by atoms with Crippen molar-refractivity contribution in [1.82, 2.24) is 15.1 Å². The van der Waals surface area contributed by atoms with Crippen molar-refractivity contribution in [3.8, 4) is 0 Å². The third-order valence-electron chi connectivity index (χ3n) is 4.10. The molecule has 1 N–H and O–H groups in total. The topological polar surface area (TPSA) is 27.7 Å². The first-order chi connectivity index (χ1) is 8.11. The second-order valence-electron chi connectivity index (χ2n) is 5.99. The van der Waals surface area contributed by atoms with Crippen molar-refractivity contribution in [2.75, 3.05) is 53.0 Å². The summed E-state index contributed by atoms with van der Waals surface area (Å²) in [5, 5.41) is 3.61. The minimum absolute atomic E-state index is 0.331. The van der Waals surface area contributed by atoms with Gasteiger partial charge in [0, 0.05) is 58.0 Å². The Hall–Kier alpha value is -0.160. The second-order valence-corrected chi connectivity index (χ2v) is 5.99. The van der Waals surface area contributed by atoms with Gasteiger partial charge in [0.1, 0.15) is 0 Å². The fraction of sp³-hybridized carbons (Fsp3) is 1.00. The molecule has 2 aliphatic heterocycles. The molecule has 2 fully saturated rings. The lowest BCUT2D eigenvalue weighted by Crippen LogP contribution is -2.51. The molecule has 2 aliphatic rings. The maximum atomic E-state index is 5.13. The standard InChI is InChI=1S/C13H27N3O/c1-13(2)10-12(11-14-13)16-6-4-15(5-7-16)8-9-17-3/h12,14H,4-11H2,1-3H3. The average Bonchev–Trinajstić information content (AvgIpc) is 2.68. The monoisotopic (exact) mass is 241 g/mol. The summed E-state index contributed by atoms with van der Waals surface area (Å²) in [5.74, 6) is 0. The van der Waals surface area contributed by atoms with E-state index in [0.717, 1.165) is 25.7 Å². The van der Waals surface area contributed by atoms with Crippen LogP contribution < -0.4 is 5.32 Å². The summed E-state index contributed by atoms with van der Waals surface area (Å²) in [4.78, 5) is 5.17. The number of piperazine rings is 1. The van der Waals surface area contributed by atoms with Crippen molar-refractivity contribution in [2.24, 2.45) is 0 Å². The highest BCUT2D eigenvalue weighted by atomic mass is 16.5. The Bertz CT molecular complexity index is 237. The molecule has 2 heterocycles. The molecule has 2 rings (SSSR count). The van der Waals surface area contributed by atoms with Crippen molar-refractivity contribution < 1.29 is 4.74 Å². The average molecular weight is 241 g/mol. The quantitative estimate of drug-likeness (QED) is 0.771. The van der Waals surface area contributed by atoms with Crippen molar-refractivity contribution in [3.05, 3.63) is 0 Å². The molecule has 0 spiro atoms. The van der Waals surface area contributed by atoms with Crippen LogP contribution in [0.15, 0.2) is 0 Å². The first-order valence-corrected chi connectivity index (χ1v) is 6.81. The van der Waals surface area contributed by atoms with Crippen LogP contribution in [0.4, 0.5) is 0 Å². The van der Waals surface area contributed by atoms with E-state index in [9.17, 15) is 0 Å². The smallest absolute Gasteiger partial charge is 0.0589 e. The summed E-state index contributed by atoms with van der Waals surface area (Å²) in [6, 6.07) is 0.745. The number of methoxy groups -OCH3 is 1. The fourth-order valence-electron chi connectivity index (χ4n) is 2.96. The molecule has 0 bridgehead atoms. The Balaban J connectivity index is 1.72. The molecule has 0 aromatic rings. The molecule has 0 radical (unpaired) electrons. The van der Waals surface area contributed by atoms with E-state index >= 15 is 0 Å². The molecule has 0 amide bonds. The highest BCUT2D eigenvalue weighted by molar-refractivity contribution is 4.95. The summed E-state index contributed by atoms with van der Waals surface area (Å²) in [5.41, 5.74) is 0.331. The minimum Gasteiger partial charge on any atom is -0.383 e. The van der Waals surface area contributed by atoms with Gasteiger partial charge in [0.2, 0.25) is 0 Å². The minimum atomic E-state index is 0.331. The van der Waals surface area contributed by atoms with Gasteiger partial charge in [0.25, 0.3) is 0 Å². The molecule has 2 saturated heterocycles. The SMILES string of the molecule is COCCN1CCN(C2CNC(C)(C)C2)CC1. The lowest BCUT2D eigenvalue weighted by atomic mass is 10.0. The van der Waals surface area contributed by atoms with Gasteiger partial charge in [-0.3, -0.25) is 9.80 Å². The van der Waals surface area contributed by atoms with E-state index in [-0.39, 0.29) is 0 Å². The van der Waals surface area contributed by atoms with Crippen LogP contribution in [-0.2, 0) is 4.74 Å². The molecule has 1 atom stereocenters. The van der Waals surface area contributed by atoms with Crippen LogP contribution in [0, 0.1) is 0 Å². The van der Waals surface area contributed by atoms with E-state index in [1.54, 1.807) is 7.11 Å². The van der Waals surface area contributed by atoms with E-state index in [1.807, 2.05) is 0 Å². The van der Waals surface area contributed by atoms with Crippen molar-refractivity contribution in [2.45, 2.75) is 31.8 Å². The Labute approximate surface area is 105 Å². The van der Waals surface area contributed by atoms with Gasteiger partial charge in [-0.15, -0.1) is 0 Å². The van der Waals surface area contributed by atoms with Gasteiger partial charge in [-0.05, 0) is 20.3 Å². The van der Waals surface area contributed by atoms with Crippen LogP contribution >= 0.6 is 0 Å². The molecule has 4 heteroatoms. The van der Waals surface area contributed by atoms with E-state index in [4.69, 9.17) is 4.74 Å². The Kier molecular flexibility index (Phi) is 4.42. The van der Waals surface area contributed by atoms with E-state index < -0.39 is 0 Å². The van der Waals surface area contributed by atoms with Crippen molar-refractivity contribution >= 4 is 0 Å². The molecule has 1 unspecified atom stereocenters. The fourth-order valence-corrected chi connectivity index (χ4v) is 2.96. The predicted octanol–water partition coefficient (Wildman–Crippen LogP) is 0.391. The lowest BCUT2D eigenvalue weighted by Gasteiger charge is -2.38. The summed E-state index contributed by atoms with van der Waals surface area (Å²) >= 11 is 0. The molecular formula is C13H27N3O. The second kappa shape index (κ2) is 5.65. The molecule has 100 valence electrons. The van der Waals surface area contributed by atoms with Gasteiger partial charge in [0.05, 0.1) is 6.61 Å². The maximum Gasteiger partial charge on any atom is 0.0589 e. The Morgan fingerprint density at radius 3 is 2.47 bits per heavy atom. The number of ether oxygens (including phenoxy) is 1. The highest BCUT2D eigenvalue weighted by Crippen LogP contribution is 2.22. The van der Waals surface area contributed by atoms with Crippen molar-refractivity contribution in [3.63, 3.8) is 0 Å². The predicted molar refractivity (Wildman–Crippen MR) is 70.4 cm³/mol. The van der Waals surface area contributed by atoms with Crippen LogP contribution in [0.25, 0.3) is 0 Å². The van der Waals surface area contributed by atoms with E-state index in [0.29, 0.717) is 5.54 Å². The number of hydrogen-bond acceptors (Lipinski definition) is 4. The first kappa shape index (κ1) is 13.3.